The molecule has 0 fully saturated rings. The van der Waals surface area contributed by atoms with Gasteiger partial charge in [0.1, 0.15) is 5.75 Å². The van der Waals surface area contributed by atoms with Gasteiger partial charge in [0.2, 0.25) is 0 Å². The molecule has 5 atom stereocenters. The zero-order valence-electron chi connectivity index (χ0n) is 21.1. The lowest BCUT2D eigenvalue weighted by molar-refractivity contribution is -0.112. The summed E-state index contributed by atoms with van der Waals surface area (Å²) in [5.74, 6) is -0.225. The summed E-state index contributed by atoms with van der Waals surface area (Å²) in [5, 5.41) is 23.7. The molecule has 7 heteroatoms. The molecule has 1 aliphatic heterocycles. The largest absolute Gasteiger partial charge is 0.508 e. The molecule has 0 saturated carbocycles. The van der Waals surface area contributed by atoms with Gasteiger partial charge in [0.15, 0.2) is 0 Å². The molecule has 2 rings (SSSR count). The molecular weight excluding hydrogens is 434 g/mol. The van der Waals surface area contributed by atoms with Crippen LogP contribution in [0.15, 0.2) is 53.6 Å². The van der Waals surface area contributed by atoms with E-state index in [1.807, 2.05) is 32.1 Å². The number of amides is 1. The summed E-state index contributed by atoms with van der Waals surface area (Å²) in [7, 11) is 4.94. The van der Waals surface area contributed by atoms with Crippen LogP contribution in [0.1, 0.15) is 51.7 Å². The number of aliphatic hydroxyl groups excluding tert-OH is 1. The van der Waals surface area contributed by atoms with Crippen LogP contribution in [-0.2, 0) is 19.0 Å². The fourth-order valence-corrected chi connectivity index (χ4v) is 4.28. The summed E-state index contributed by atoms with van der Waals surface area (Å²) in [6, 6.07) is 4.96. The molecule has 0 spiro atoms. The number of carbonyl (C=O) groups excluding carboxylic acids is 1. The highest BCUT2D eigenvalue weighted by molar-refractivity contribution is 6.03. The average Bonchev–Trinajstić information content (AvgIpc) is 2.80. The third kappa shape index (κ3) is 7.81. The Kier molecular flexibility index (Phi) is 11.0. The first-order chi connectivity index (χ1) is 16.2. The summed E-state index contributed by atoms with van der Waals surface area (Å²) >= 11 is 0. The summed E-state index contributed by atoms with van der Waals surface area (Å²) in [5.41, 5.74) is 2.60. The van der Waals surface area contributed by atoms with Crippen LogP contribution in [0.4, 0.5) is 5.69 Å². The first-order valence-electron chi connectivity index (χ1n) is 11.6. The number of allylic oxidation sites excluding steroid dienone is 2. The smallest absolute Gasteiger partial charge is 0.251 e. The predicted octanol–water partition coefficient (Wildman–Crippen LogP) is 4.68. The fraction of sp³-hybridized carbons (Fsp3) is 0.519. The first-order valence-corrected chi connectivity index (χ1v) is 11.6. The number of anilines is 1. The first kappa shape index (κ1) is 27.8. The molecule has 1 amide bonds. The molecule has 3 N–H and O–H groups in total. The van der Waals surface area contributed by atoms with Crippen LogP contribution in [-0.4, -0.2) is 55.8 Å². The number of aliphatic hydroxyl groups is 1. The Morgan fingerprint density at radius 3 is 2.41 bits per heavy atom. The number of phenolic OH excluding ortho intramolecular Hbond substituents is 1. The number of rotatable bonds is 3. The SMILES string of the molecule is COC1CCC(OC)C(OC)C(C)/C=C(\C)C(O)C/C=C/C=C(\C)C(=O)Nc2cc(O)cc1c2. The van der Waals surface area contributed by atoms with E-state index in [0.29, 0.717) is 30.5 Å². The number of ether oxygens (including phenoxy) is 3. The Hall–Kier alpha value is -2.45. The van der Waals surface area contributed by atoms with Gasteiger partial charge in [0, 0.05) is 44.6 Å². The van der Waals surface area contributed by atoms with Crippen molar-refractivity contribution in [2.75, 3.05) is 26.6 Å². The molecule has 0 aliphatic carbocycles. The van der Waals surface area contributed by atoms with Crippen molar-refractivity contribution in [3.8, 4) is 5.75 Å². The Bertz CT molecular complexity index is 906. The Morgan fingerprint density at radius 2 is 1.76 bits per heavy atom. The lowest BCUT2D eigenvalue weighted by Crippen LogP contribution is -2.35. The van der Waals surface area contributed by atoms with Crippen LogP contribution in [0.5, 0.6) is 5.75 Å². The normalized spacial score (nSPS) is 31.6. The number of hydrogen-bond acceptors (Lipinski definition) is 6. The maximum atomic E-state index is 12.6. The lowest BCUT2D eigenvalue weighted by Gasteiger charge is -2.30. The minimum absolute atomic E-state index is 0.00740. The monoisotopic (exact) mass is 473 g/mol. The van der Waals surface area contributed by atoms with Gasteiger partial charge in [-0.1, -0.05) is 31.2 Å². The molecule has 1 heterocycles. The maximum absolute atomic E-state index is 12.6. The van der Waals surface area contributed by atoms with Crippen LogP contribution in [0.25, 0.3) is 0 Å². The van der Waals surface area contributed by atoms with Gasteiger partial charge in [-0.3, -0.25) is 4.79 Å². The van der Waals surface area contributed by atoms with Crippen LogP contribution in [0.2, 0.25) is 0 Å². The van der Waals surface area contributed by atoms with Gasteiger partial charge in [0.25, 0.3) is 5.91 Å². The molecule has 7 nitrogen and oxygen atoms in total. The molecule has 0 saturated heterocycles. The number of phenols is 1. The Balaban J connectivity index is 2.44. The number of fused-ring (bicyclic) bond motifs is 2. The van der Waals surface area contributed by atoms with Crippen LogP contribution < -0.4 is 5.32 Å². The molecule has 2 bridgehead atoms. The van der Waals surface area contributed by atoms with Crippen molar-refractivity contribution in [3.05, 3.63) is 59.2 Å². The second kappa shape index (κ2) is 13.4. The zero-order valence-corrected chi connectivity index (χ0v) is 21.1. The second-order valence-corrected chi connectivity index (χ2v) is 8.84. The highest BCUT2D eigenvalue weighted by Gasteiger charge is 2.27. The maximum Gasteiger partial charge on any atom is 0.251 e. The number of nitrogens with one attached hydrogen (secondary N) is 1. The Labute approximate surface area is 203 Å². The summed E-state index contributed by atoms with van der Waals surface area (Å²) in [6.07, 6.45) is 7.64. The topological polar surface area (TPSA) is 97.3 Å². The highest BCUT2D eigenvalue weighted by atomic mass is 16.5. The quantitative estimate of drug-likeness (QED) is 0.552. The van der Waals surface area contributed by atoms with Gasteiger partial charge in [-0.05, 0) is 56.4 Å². The van der Waals surface area contributed by atoms with E-state index in [0.717, 1.165) is 11.1 Å². The van der Waals surface area contributed by atoms with Gasteiger partial charge < -0.3 is 29.7 Å². The van der Waals surface area contributed by atoms with E-state index < -0.39 is 6.10 Å². The Morgan fingerprint density at radius 1 is 1.03 bits per heavy atom. The van der Waals surface area contributed by atoms with Crippen LogP contribution >= 0.6 is 0 Å². The van der Waals surface area contributed by atoms with Gasteiger partial charge in [-0.25, -0.2) is 0 Å². The predicted molar refractivity (Wildman–Crippen MR) is 134 cm³/mol. The van der Waals surface area contributed by atoms with Crippen molar-refractivity contribution in [2.24, 2.45) is 5.92 Å². The van der Waals surface area contributed by atoms with Crippen molar-refractivity contribution in [2.45, 2.75) is 64.4 Å². The van der Waals surface area contributed by atoms with E-state index in [1.165, 1.54) is 6.07 Å². The highest BCUT2D eigenvalue weighted by Crippen LogP contribution is 2.31. The van der Waals surface area contributed by atoms with Crippen molar-refractivity contribution in [3.63, 3.8) is 0 Å². The van der Waals surface area contributed by atoms with Crippen molar-refractivity contribution in [1.29, 1.82) is 0 Å². The van der Waals surface area contributed by atoms with Crippen molar-refractivity contribution < 1.29 is 29.2 Å². The summed E-state index contributed by atoms with van der Waals surface area (Å²) in [6.45, 7) is 5.66. The second-order valence-electron chi connectivity index (χ2n) is 8.84. The van der Waals surface area contributed by atoms with Gasteiger partial charge in [0.05, 0.1) is 24.4 Å². The lowest BCUT2D eigenvalue weighted by atomic mass is 9.91. The molecule has 188 valence electrons. The van der Waals surface area contributed by atoms with E-state index in [2.05, 4.69) is 5.32 Å². The third-order valence-corrected chi connectivity index (χ3v) is 6.28. The van der Waals surface area contributed by atoms with E-state index in [4.69, 9.17) is 14.2 Å². The van der Waals surface area contributed by atoms with E-state index in [1.54, 1.807) is 46.5 Å². The summed E-state index contributed by atoms with van der Waals surface area (Å²) < 4.78 is 17.3. The van der Waals surface area contributed by atoms with Gasteiger partial charge in [-0.2, -0.15) is 0 Å². The molecule has 1 aromatic carbocycles. The van der Waals surface area contributed by atoms with Gasteiger partial charge >= 0.3 is 0 Å². The summed E-state index contributed by atoms with van der Waals surface area (Å²) in [4.78, 5) is 12.6. The molecule has 1 aliphatic rings. The van der Waals surface area contributed by atoms with Crippen LogP contribution in [0, 0.1) is 5.92 Å². The molecule has 5 unspecified atom stereocenters. The number of benzene rings is 1. The van der Waals surface area contributed by atoms with Crippen molar-refractivity contribution >= 4 is 11.6 Å². The number of hydrogen-bond donors (Lipinski definition) is 3. The number of methoxy groups -OCH3 is 3. The zero-order chi connectivity index (χ0) is 25.3. The molecule has 0 aromatic heterocycles. The fourth-order valence-electron chi connectivity index (χ4n) is 4.28. The molecule has 1 aromatic rings. The number of carbonyl (C=O) groups is 1. The van der Waals surface area contributed by atoms with Crippen molar-refractivity contribution in [1.82, 2.24) is 0 Å². The average molecular weight is 474 g/mol. The van der Waals surface area contributed by atoms with E-state index in [-0.39, 0.29) is 35.9 Å². The third-order valence-electron chi connectivity index (χ3n) is 6.28. The van der Waals surface area contributed by atoms with Gasteiger partial charge in [-0.15, -0.1) is 0 Å². The van der Waals surface area contributed by atoms with E-state index >= 15 is 0 Å². The molecule has 0 radical (unpaired) electrons. The molecule has 34 heavy (non-hydrogen) atoms. The minimum Gasteiger partial charge on any atom is -0.508 e. The van der Waals surface area contributed by atoms with E-state index in [9.17, 15) is 15.0 Å². The van der Waals surface area contributed by atoms with Crippen LogP contribution in [0.3, 0.4) is 0 Å². The standard InChI is InChI=1S/C27H39NO6/c1-17-9-7-8-10-23(30)18(2)13-19(3)26(34-6)25(33-5)12-11-24(32-4)20-14-21(28-27(17)31)16-22(29)15-20/h7-9,13-16,19,23-26,29-30H,10-12H2,1-6H3,(H,28,31)/b8-7+,17-9+,18-13+. The number of aromatic hydroxyl groups is 1. The minimum atomic E-state index is -0.635. The molecular formula is C27H39NO6.